The number of nitrogens with one attached hydrogen (secondary N) is 1. The monoisotopic (exact) mass is 410 g/mol. The minimum absolute atomic E-state index is 0.0832. The molecule has 0 fully saturated rings. The first-order valence-corrected chi connectivity index (χ1v) is 10.1. The van der Waals surface area contributed by atoms with Gasteiger partial charge in [0.1, 0.15) is 0 Å². The average Bonchev–Trinajstić information content (AvgIpc) is 3.27. The third-order valence-electron chi connectivity index (χ3n) is 4.90. The summed E-state index contributed by atoms with van der Waals surface area (Å²) in [6.07, 6.45) is 2.29. The standard InChI is InChI=1S/C26H22N2O3/c1-18-10-12-19(13-11-18)23-17-27-25(31-23)15-14-24(29)28-22-9-5-8-21(16-22)26(30)20-6-3-2-4-7-20/h2-13,16-17H,14-15H2,1H3,(H,28,29). The maximum Gasteiger partial charge on any atom is 0.224 e. The van der Waals surface area contributed by atoms with Gasteiger partial charge in [0.15, 0.2) is 17.4 Å². The van der Waals surface area contributed by atoms with Gasteiger partial charge in [-0.15, -0.1) is 0 Å². The van der Waals surface area contributed by atoms with E-state index in [1.54, 1.807) is 42.6 Å². The summed E-state index contributed by atoms with van der Waals surface area (Å²) < 4.78 is 5.77. The number of oxazole rings is 1. The van der Waals surface area contributed by atoms with Gasteiger partial charge in [-0.05, 0) is 19.1 Å². The Kier molecular flexibility index (Phi) is 6.03. The Morgan fingerprint density at radius 2 is 1.65 bits per heavy atom. The molecule has 0 aliphatic rings. The minimum Gasteiger partial charge on any atom is -0.441 e. The Balaban J connectivity index is 1.35. The number of carbonyl (C=O) groups excluding carboxylic acids is 2. The van der Waals surface area contributed by atoms with Gasteiger partial charge in [-0.2, -0.15) is 0 Å². The number of ketones is 1. The van der Waals surface area contributed by atoms with E-state index in [-0.39, 0.29) is 18.1 Å². The number of amides is 1. The molecule has 31 heavy (non-hydrogen) atoms. The van der Waals surface area contributed by atoms with Crippen LogP contribution in [0.25, 0.3) is 11.3 Å². The molecule has 1 N–H and O–H groups in total. The van der Waals surface area contributed by atoms with Crippen LogP contribution in [0.5, 0.6) is 0 Å². The van der Waals surface area contributed by atoms with Gasteiger partial charge in [0.25, 0.3) is 0 Å². The van der Waals surface area contributed by atoms with Gasteiger partial charge in [0.05, 0.1) is 6.20 Å². The normalized spacial score (nSPS) is 10.6. The third-order valence-corrected chi connectivity index (χ3v) is 4.90. The van der Waals surface area contributed by atoms with Gasteiger partial charge in [0.2, 0.25) is 5.91 Å². The Labute approximate surface area is 180 Å². The Morgan fingerprint density at radius 3 is 2.42 bits per heavy atom. The van der Waals surface area contributed by atoms with Crippen molar-refractivity contribution in [3.05, 3.63) is 108 Å². The third kappa shape index (κ3) is 5.14. The van der Waals surface area contributed by atoms with E-state index in [0.717, 1.165) is 5.56 Å². The summed E-state index contributed by atoms with van der Waals surface area (Å²) in [5.41, 5.74) is 3.85. The SMILES string of the molecule is Cc1ccc(-c2cnc(CCC(=O)Nc3cccc(C(=O)c4ccccc4)c3)o2)cc1. The van der Waals surface area contributed by atoms with Crippen LogP contribution in [-0.2, 0) is 11.2 Å². The van der Waals surface area contributed by atoms with E-state index in [1.165, 1.54) is 5.56 Å². The van der Waals surface area contributed by atoms with Crippen molar-refractivity contribution in [2.75, 3.05) is 5.32 Å². The molecule has 1 aromatic heterocycles. The molecule has 0 aliphatic heterocycles. The molecule has 4 aromatic rings. The van der Waals surface area contributed by atoms with Crippen LogP contribution >= 0.6 is 0 Å². The lowest BCUT2D eigenvalue weighted by Gasteiger charge is -2.07. The first-order valence-electron chi connectivity index (χ1n) is 10.1. The molecule has 0 bridgehead atoms. The van der Waals surface area contributed by atoms with Gasteiger partial charge in [-0.1, -0.05) is 72.3 Å². The van der Waals surface area contributed by atoms with Crippen LogP contribution in [0, 0.1) is 6.92 Å². The molecule has 5 heteroatoms. The van der Waals surface area contributed by atoms with Crippen molar-refractivity contribution in [2.24, 2.45) is 0 Å². The highest BCUT2D eigenvalue weighted by Crippen LogP contribution is 2.21. The summed E-state index contributed by atoms with van der Waals surface area (Å²) in [7, 11) is 0. The molecule has 0 saturated carbocycles. The molecule has 0 aliphatic carbocycles. The van der Waals surface area contributed by atoms with Gasteiger partial charge in [-0.25, -0.2) is 4.98 Å². The Hall–Kier alpha value is -3.99. The van der Waals surface area contributed by atoms with Crippen molar-refractivity contribution in [1.29, 1.82) is 0 Å². The summed E-state index contributed by atoms with van der Waals surface area (Å²) in [6, 6.07) is 24.0. The van der Waals surface area contributed by atoms with Crippen molar-refractivity contribution in [1.82, 2.24) is 4.98 Å². The molecule has 1 heterocycles. The average molecular weight is 410 g/mol. The number of hydrogen-bond acceptors (Lipinski definition) is 4. The van der Waals surface area contributed by atoms with Gasteiger partial charge >= 0.3 is 0 Å². The van der Waals surface area contributed by atoms with Crippen LogP contribution in [0.1, 0.15) is 33.8 Å². The molecular weight excluding hydrogens is 388 g/mol. The highest BCUT2D eigenvalue weighted by molar-refractivity contribution is 6.09. The van der Waals surface area contributed by atoms with Gasteiger partial charge in [-0.3, -0.25) is 9.59 Å². The summed E-state index contributed by atoms with van der Waals surface area (Å²) in [5.74, 6) is 0.945. The number of rotatable bonds is 7. The molecule has 0 spiro atoms. The van der Waals surface area contributed by atoms with E-state index >= 15 is 0 Å². The maximum absolute atomic E-state index is 12.6. The summed E-state index contributed by atoms with van der Waals surface area (Å²) in [5, 5.41) is 2.84. The van der Waals surface area contributed by atoms with Crippen LogP contribution in [-0.4, -0.2) is 16.7 Å². The molecule has 3 aromatic carbocycles. The van der Waals surface area contributed by atoms with Crippen molar-refractivity contribution in [3.63, 3.8) is 0 Å². The highest BCUT2D eigenvalue weighted by Gasteiger charge is 2.12. The van der Waals surface area contributed by atoms with Crippen molar-refractivity contribution < 1.29 is 14.0 Å². The molecule has 4 rings (SSSR count). The Bertz CT molecular complexity index is 1190. The maximum atomic E-state index is 12.6. The number of nitrogens with zero attached hydrogens (tertiary/aromatic N) is 1. The molecule has 0 radical (unpaired) electrons. The van der Waals surface area contributed by atoms with Crippen LogP contribution in [0.2, 0.25) is 0 Å². The molecule has 154 valence electrons. The highest BCUT2D eigenvalue weighted by atomic mass is 16.4. The van der Waals surface area contributed by atoms with Gasteiger partial charge in [0, 0.05) is 35.2 Å². The second kappa shape index (κ2) is 9.22. The fourth-order valence-corrected chi connectivity index (χ4v) is 3.22. The number of benzene rings is 3. The van der Waals surface area contributed by atoms with Crippen molar-refractivity contribution in [2.45, 2.75) is 19.8 Å². The minimum atomic E-state index is -0.167. The zero-order chi connectivity index (χ0) is 21.6. The topological polar surface area (TPSA) is 72.2 Å². The van der Waals surface area contributed by atoms with E-state index < -0.39 is 0 Å². The predicted molar refractivity (Wildman–Crippen MR) is 120 cm³/mol. The molecule has 5 nitrogen and oxygen atoms in total. The van der Waals surface area contributed by atoms with E-state index in [4.69, 9.17) is 4.42 Å². The summed E-state index contributed by atoms with van der Waals surface area (Å²) in [4.78, 5) is 29.3. The molecular formula is C26H22N2O3. The van der Waals surface area contributed by atoms with Crippen LogP contribution in [0.15, 0.2) is 89.5 Å². The summed E-state index contributed by atoms with van der Waals surface area (Å²) >= 11 is 0. The van der Waals surface area contributed by atoms with Crippen molar-refractivity contribution in [3.8, 4) is 11.3 Å². The van der Waals surface area contributed by atoms with Crippen LogP contribution < -0.4 is 5.32 Å². The van der Waals surface area contributed by atoms with E-state index in [2.05, 4.69) is 10.3 Å². The smallest absolute Gasteiger partial charge is 0.224 e. The fourth-order valence-electron chi connectivity index (χ4n) is 3.22. The first-order chi connectivity index (χ1) is 15.1. The predicted octanol–water partition coefficient (Wildman–Crippen LogP) is 5.45. The van der Waals surface area contributed by atoms with E-state index in [9.17, 15) is 9.59 Å². The zero-order valence-corrected chi connectivity index (χ0v) is 17.2. The van der Waals surface area contributed by atoms with Crippen molar-refractivity contribution >= 4 is 17.4 Å². The van der Waals surface area contributed by atoms with E-state index in [0.29, 0.717) is 34.9 Å². The zero-order valence-electron chi connectivity index (χ0n) is 17.2. The lowest BCUT2D eigenvalue weighted by atomic mass is 10.0. The Morgan fingerprint density at radius 1 is 0.903 bits per heavy atom. The number of hydrogen-bond donors (Lipinski definition) is 1. The number of aryl methyl sites for hydroxylation is 2. The lowest BCUT2D eigenvalue weighted by Crippen LogP contribution is -2.13. The molecule has 0 saturated heterocycles. The van der Waals surface area contributed by atoms with Gasteiger partial charge < -0.3 is 9.73 Å². The fraction of sp³-hybridized carbons (Fsp3) is 0.115. The number of aromatic nitrogens is 1. The molecule has 0 atom stereocenters. The summed E-state index contributed by atoms with van der Waals surface area (Å²) in [6.45, 7) is 2.03. The van der Waals surface area contributed by atoms with Crippen LogP contribution in [0.4, 0.5) is 5.69 Å². The molecule has 0 unspecified atom stereocenters. The molecule has 1 amide bonds. The largest absolute Gasteiger partial charge is 0.441 e. The second-order valence-electron chi connectivity index (χ2n) is 7.31. The lowest BCUT2D eigenvalue weighted by molar-refractivity contribution is -0.116. The second-order valence-corrected chi connectivity index (χ2v) is 7.31. The number of anilines is 1. The first kappa shape index (κ1) is 20.3. The van der Waals surface area contributed by atoms with Crippen LogP contribution in [0.3, 0.4) is 0 Å². The number of carbonyl (C=O) groups is 2. The van der Waals surface area contributed by atoms with E-state index in [1.807, 2.05) is 49.4 Å². The quantitative estimate of drug-likeness (QED) is 0.411.